The van der Waals surface area contributed by atoms with Crippen LogP contribution in [0.5, 0.6) is 11.6 Å². The van der Waals surface area contributed by atoms with Crippen LogP contribution < -0.4 is 14.8 Å². The Morgan fingerprint density at radius 1 is 1.21 bits per heavy atom. The number of ether oxygens (including phenoxy) is 2. The summed E-state index contributed by atoms with van der Waals surface area (Å²) in [6, 6.07) is 16.4. The Balaban J connectivity index is 1.41. The maximum Gasteiger partial charge on any atom is 0.221 e. The SMILES string of the molecule is CNC(=O)CCn1ncc2cc(OC3CCc4cccc(-c5ccnc(OC)c5)c43)ccc21. The maximum atomic E-state index is 11.6. The van der Waals surface area contributed by atoms with Crippen molar-refractivity contribution in [2.75, 3.05) is 14.2 Å². The van der Waals surface area contributed by atoms with Gasteiger partial charge in [0.2, 0.25) is 11.8 Å². The van der Waals surface area contributed by atoms with Gasteiger partial charge in [-0.15, -0.1) is 0 Å². The number of fused-ring (bicyclic) bond motifs is 2. The number of aryl methyl sites for hydroxylation is 2. The molecule has 1 aliphatic carbocycles. The topological polar surface area (TPSA) is 78.3 Å². The molecule has 33 heavy (non-hydrogen) atoms. The number of hydrogen-bond acceptors (Lipinski definition) is 5. The third kappa shape index (κ3) is 4.14. The lowest BCUT2D eigenvalue weighted by Crippen LogP contribution is -2.19. The highest BCUT2D eigenvalue weighted by molar-refractivity contribution is 5.81. The summed E-state index contributed by atoms with van der Waals surface area (Å²) in [5.74, 6) is 1.41. The number of benzene rings is 2. The first-order valence-electron chi connectivity index (χ1n) is 11.1. The molecule has 1 amide bonds. The molecule has 0 fully saturated rings. The van der Waals surface area contributed by atoms with Gasteiger partial charge in [0.25, 0.3) is 0 Å². The summed E-state index contributed by atoms with van der Waals surface area (Å²) in [6.45, 7) is 0.540. The van der Waals surface area contributed by atoms with E-state index in [0.717, 1.165) is 40.6 Å². The summed E-state index contributed by atoms with van der Waals surface area (Å²) in [5, 5.41) is 8.08. The van der Waals surface area contributed by atoms with Gasteiger partial charge in [0, 0.05) is 36.7 Å². The molecule has 2 aromatic heterocycles. The first-order chi connectivity index (χ1) is 16.2. The largest absolute Gasteiger partial charge is 0.486 e. The van der Waals surface area contributed by atoms with Gasteiger partial charge in [0.05, 0.1) is 25.4 Å². The van der Waals surface area contributed by atoms with E-state index in [4.69, 9.17) is 9.47 Å². The van der Waals surface area contributed by atoms with Gasteiger partial charge in [-0.3, -0.25) is 9.48 Å². The Morgan fingerprint density at radius 3 is 2.97 bits per heavy atom. The quantitative estimate of drug-likeness (QED) is 0.461. The van der Waals surface area contributed by atoms with E-state index in [9.17, 15) is 4.79 Å². The van der Waals surface area contributed by atoms with Crippen LogP contribution in [0.2, 0.25) is 0 Å². The van der Waals surface area contributed by atoms with E-state index < -0.39 is 0 Å². The number of amides is 1. The smallest absolute Gasteiger partial charge is 0.221 e. The highest BCUT2D eigenvalue weighted by atomic mass is 16.5. The molecular formula is C26H26N4O3. The Kier molecular flexibility index (Phi) is 5.69. The highest BCUT2D eigenvalue weighted by Gasteiger charge is 2.27. The molecule has 168 valence electrons. The Hall–Kier alpha value is -3.87. The van der Waals surface area contributed by atoms with Gasteiger partial charge in [-0.1, -0.05) is 18.2 Å². The van der Waals surface area contributed by atoms with Crippen LogP contribution in [0, 0.1) is 0 Å². The zero-order valence-electron chi connectivity index (χ0n) is 18.7. The minimum absolute atomic E-state index is 0.00104. The maximum absolute atomic E-state index is 11.6. The summed E-state index contributed by atoms with van der Waals surface area (Å²) in [6.07, 6.45) is 5.87. The van der Waals surface area contributed by atoms with Crippen LogP contribution in [-0.2, 0) is 17.8 Å². The molecule has 0 radical (unpaired) electrons. The minimum Gasteiger partial charge on any atom is -0.486 e. The molecule has 7 nitrogen and oxygen atoms in total. The van der Waals surface area contributed by atoms with E-state index in [0.29, 0.717) is 18.8 Å². The van der Waals surface area contributed by atoms with E-state index >= 15 is 0 Å². The van der Waals surface area contributed by atoms with Gasteiger partial charge < -0.3 is 14.8 Å². The van der Waals surface area contributed by atoms with Crippen molar-refractivity contribution < 1.29 is 14.3 Å². The fourth-order valence-corrected chi connectivity index (χ4v) is 4.51. The molecule has 1 atom stereocenters. The number of rotatable bonds is 7. The zero-order valence-corrected chi connectivity index (χ0v) is 18.7. The normalized spacial score (nSPS) is 14.8. The average Bonchev–Trinajstić information content (AvgIpc) is 3.46. The number of nitrogens with one attached hydrogen (secondary N) is 1. The number of pyridine rings is 1. The number of aromatic nitrogens is 3. The molecular weight excluding hydrogens is 416 g/mol. The summed E-state index contributed by atoms with van der Waals surface area (Å²) < 4.78 is 13.7. The lowest BCUT2D eigenvalue weighted by Gasteiger charge is -2.19. The number of carbonyl (C=O) groups is 1. The van der Waals surface area contributed by atoms with Gasteiger partial charge >= 0.3 is 0 Å². The number of hydrogen-bond donors (Lipinski definition) is 1. The van der Waals surface area contributed by atoms with E-state index in [1.807, 2.05) is 41.2 Å². The summed E-state index contributed by atoms with van der Waals surface area (Å²) >= 11 is 0. The Labute approximate surface area is 192 Å². The molecule has 0 saturated heterocycles. The minimum atomic E-state index is -0.0314. The molecule has 1 unspecified atom stereocenters. The lowest BCUT2D eigenvalue weighted by atomic mass is 9.96. The average molecular weight is 443 g/mol. The van der Waals surface area contributed by atoms with Gasteiger partial charge in [-0.25, -0.2) is 4.98 Å². The van der Waals surface area contributed by atoms with Crippen LogP contribution in [0.4, 0.5) is 0 Å². The van der Waals surface area contributed by atoms with Gasteiger partial charge in [-0.05, 0) is 53.8 Å². The van der Waals surface area contributed by atoms with Crippen LogP contribution in [0.3, 0.4) is 0 Å². The first-order valence-corrected chi connectivity index (χ1v) is 11.1. The van der Waals surface area contributed by atoms with Crippen LogP contribution in [0.1, 0.15) is 30.1 Å². The molecule has 2 aromatic carbocycles. The zero-order chi connectivity index (χ0) is 22.8. The molecule has 1 N–H and O–H groups in total. The van der Waals surface area contributed by atoms with Gasteiger partial charge in [0.1, 0.15) is 11.9 Å². The van der Waals surface area contributed by atoms with Crippen molar-refractivity contribution in [1.29, 1.82) is 0 Å². The van der Waals surface area contributed by atoms with Crippen molar-refractivity contribution in [3.8, 4) is 22.8 Å². The molecule has 5 rings (SSSR count). The van der Waals surface area contributed by atoms with E-state index in [1.54, 1.807) is 20.4 Å². The van der Waals surface area contributed by atoms with Crippen molar-refractivity contribution in [3.63, 3.8) is 0 Å². The van der Waals surface area contributed by atoms with E-state index in [-0.39, 0.29) is 12.0 Å². The lowest BCUT2D eigenvalue weighted by molar-refractivity contribution is -0.120. The fraction of sp³-hybridized carbons (Fsp3) is 0.269. The third-order valence-electron chi connectivity index (χ3n) is 6.17. The van der Waals surface area contributed by atoms with Crippen molar-refractivity contribution in [2.24, 2.45) is 0 Å². The van der Waals surface area contributed by atoms with Crippen LogP contribution in [0.15, 0.2) is 60.9 Å². The molecule has 0 spiro atoms. The number of methoxy groups -OCH3 is 1. The van der Waals surface area contributed by atoms with Crippen molar-refractivity contribution in [3.05, 3.63) is 72.1 Å². The Morgan fingerprint density at radius 2 is 2.12 bits per heavy atom. The van der Waals surface area contributed by atoms with Crippen LogP contribution >= 0.6 is 0 Å². The second-order valence-corrected chi connectivity index (χ2v) is 8.12. The molecule has 0 saturated carbocycles. The van der Waals surface area contributed by atoms with Crippen molar-refractivity contribution in [2.45, 2.75) is 31.9 Å². The standard InChI is InChI=1S/C26H26N4O3/c1-27-24(31)11-13-30-22-8-7-20(14-19(22)16-29-30)33-23-9-6-17-4-3-5-21(26(17)23)18-10-12-28-25(15-18)32-2/h3-5,7-8,10,12,14-16,23H,6,9,11,13H2,1-2H3,(H,27,31). The van der Waals surface area contributed by atoms with Crippen molar-refractivity contribution >= 4 is 16.8 Å². The number of carbonyl (C=O) groups excluding carboxylic acids is 1. The first kappa shape index (κ1) is 21.0. The molecule has 1 aliphatic rings. The highest BCUT2D eigenvalue weighted by Crippen LogP contribution is 2.41. The molecule has 2 heterocycles. The molecule has 7 heteroatoms. The molecule has 4 aromatic rings. The second-order valence-electron chi connectivity index (χ2n) is 8.12. The van der Waals surface area contributed by atoms with Crippen molar-refractivity contribution in [1.82, 2.24) is 20.1 Å². The fourth-order valence-electron chi connectivity index (χ4n) is 4.51. The molecule has 0 aliphatic heterocycles. The predicted molar refractivity (Wildman–Crippen MR) is 126 cm³/mol. The summed E-state index contributed by atoms with van der Waals surface area (Å²) in [5.41, 5.74) is 5.76. The summed E-state index contributed by atoms with van der Waals surface area (Å²) in [4.78, 5) is 15.8. The van der Waals surface area contributed by atoms with E-state index in [1.165, 1.54) is 11.1 Å². The third-order valence-corrected chi connectivity index (χ3v) is 6.17. The van der Waals surface area contributed by atoms with Crippen LogP contribution in [0.25, 0.3) is 22.0 Å². The second kappa shape index (κ2) is 8.94. The van der Waals surface area contributed by atoms with Gasteiger partial charge in [0.15, 0.2) is 0 Å². The molecule has 0 bridgehead atoms. The van der Waals surface area contributed by atoms with E-state index in [2.05, 4.69) is 33.6 Å². The van der Waals surface area contributed by atoms with Gasteiger partial charge in [-0.2, -0.15) is 5.10 Å². The predicted octanol–water partition coefficient (Wildman–Crippen LogP) is 4.31. The van der Waals surface area contributed by atoms with Crippen LogP contribution in [-0.4, -0.2) is 34.8 Å². The Bertz CT molecular complexity index is 1310. The monoisotopic (exact) mass is 442 g/mol. The number of nitrogens with zero attached hydrogens (tertiary/aromatic N) is 3. The summed E-state index contributed by atoms with van der Waals surface area (Å²) in [7, 11) is 3.27.